The molecule has 1 N–H and O–H groups in total. The fourth-order valence-corrected chi connectivity index (χ4v) is 2.96. The molecular formula is C13H22N4OS. The molecule has 1 aliphatic rings. The van der Waals surface area contributed by atoms with Crippen molar-refractivity contribution in [3.8, 4) is 0 Å². The number of amides is 1. The number of thiazole rings is 1. The van der Waals surface area contributed by atoms with Crippen molar-refractivity contribution in [3.63, 3.8) is 0 Å². The third-order valence-corrected chi connectivity index (χ3v) is 4.26. The number of carbonyl (C=O) groups is 1. The minimum absolute atomic E-state index is 0.0727. The van der Waals surface area contributed by atoms with E-state index in [1.807, 2.05) is 10.3 Å². The van der Waals surface area contributed by atoms with E-state index in [0.717, 1.165) is 50.8 Å². The van der Waals surface area contributed by atoms with Gasteiger partial charge in [0, 0.05) is 31.6 Å². The van der Waals surface area contributed by atoms with Gasteiger partial charge >= 0.3 is 0 Å². The Morgan fingerprint density at radius 2 is 2.11 bits per heavy atom. The Hall–Kier alpha value is -0.980. The molecule has 0 saturated carbocycles. The Morgan fingerprint density at radius 3 is 2.74 bits per heavy atom. The Bertz CT molecular complexity index is 411. The average molecular weight is 282 g/mol. The van der Waals surface area contributed by atoms with E-state index in [4.69, 9.17) is 0 Å². The van der Waals surface area contributed by atoms with Gasteiger partial charge in [-0.05, 0) is 13.1 Å². The van der Waals surface area contributed by atoms with Crippen LogP contribution in [0.3, 0.4) is 0 Å². The molecule has 0 spiro atoms. The van der Waals surface area contributed by atoms with Crippen LogP contribution in [0.15, 0.2) is 5.38 Å². The highest BCUT2D eigenvalue weighted by atomic mass is 32.1. The average Bonchev–Trinajstić information content (AvgIpc) is 2.93. The lowest BCUT2D eigenvalue weighted by atomic mass is 10.3. The Labute approximate surface area is 118 Å². The van der Waals surface area contributed by atoms with Gasteiger partial charge in [-0.25, -0.2) is 4.98 Å². The second-order valence-electron chi connectivity index (χ2n) is 4.63. The van der Waals surface area contributed by atoms with Crippen LogP contribution in [0, 0.1) is 0 Å². The number of rotatable bonds is 5. The smallest absolute Gasteiger partial charge is 0.273 e. The molecule has 0 aliphatic carbocycles. The lowest BCUT2D eigenvalue weighted by Crippen LogP contribution is -2.46. The van der Waals surface area contributed by atoms with Gasteiger partial charge < -0.3 is 10.2 Å². The van der Waals surface area contributed by atoms with Crippen molar-refractivity contribution in [2.75, 3.05) is 39.3 Å². The van der Waals surface area contributed by atoms with Gasteiger partial charge in [0.25, 0.3) is 5.91 Å². The van der Waals surface area contributed by atoms with E-state index >= 15 is 0 Å². The van der Waals surface area contributed by atoms with Crippen molar-refractivity contribution in [3.05, 3.63) is 16.1 Å². The second-order valence-corrected chi connectivity index (χ2v) is 5.57. The van der Waals surface area contributed by atoms with Gasteiger partial charge in [0.1, 0.15) is 10.7 Å². The lowest BCUT2D eigenvalue weighted by molar-refractivity contribution is 0.0730. The number of aromatic nitrogens is 1. The highest BCUT2D eigenvalue weighted by Gasteiger charge is 2.20. The molecule has 1 aromatic rings. The summed E-state index contributed by atoms with van der Waals surface area (Å²) in [7, 11) is 0. The van der Waals surface area contributed by atoms with Gasteiger partial charge in [-0.1, -0.05) is 13.8 Å². The van der Waals surface area contributed by atoms with Crippen LogP contribution >= 0.6 is 11.3 Å². The highest BCUT2D eigenvalue weighted by Crippen LogP contribution is 2.14. The molecule has 1 aliphatic heterocycles. The van der Waals surface area contributed by atoms with Crippen LogP contribution in [0.5, 0.6) is 0 Å². The number of hydrogen-bond acceptors (Lipinski definition) is 5. The normalized spacial score (nSPS) is 16.1. The molecule has 106 valence electrons. The predicted molar refractivity (Wildman–Crippen MR) is 77.5 cm³/mol. The summed E-state index contributed by atoms with van der Waals surface area (Å²) in [6.07, 6.45) is 0. The quantitative estimate of drug-likeness (QED) is 0.876. The number of hydrogen-bond donors (Lipinski definition) is 1. The molecule has 0 unspecified atom stereocenters. The number of piperazine rings is 1. The topological polar surface area (TPSA) is 48.5 Å². The first-order valence-electron chi connectivity index (χ1n) is 6.91. The van der Waals surface area contributed by atoms with E-state index in [0.29, 0.717) is 5.69 Å². The summed E-state index contributed by atoms with van der Waals surface area (Å²) in [5, 5.41) is 6.17. The SMILES string of the molecule is CCN(CC)Cc1nc(C(=O)N2CCNCC2)cs1. The Morgan fingerprint density at radius 1 is 1.42 bits per heavy atom. The molecule has 5 nitrogen and oxygen atoms in total. The summed E-state index contributed by atoms with van der Waals surface area (Å²) in [5.74, 6) is 0.0727. The van der Waals surface area contributed by atoms with Gasteiger partial charge in [-0.15, -0.1) is 11.3 Å². The minimum atomic E-state index is 0.0727. The third-order valence-electron chi connectivity index (χ3n) is 3.43. The molecule has 1 saturated heterocycles. The van der Waals surface area contributed by atoms with E-state index in [1.54, 1.807) is 11.3 Å². The zero-order valence-corrected chi connectivity index (χ0v) is 12.5. The predicted octanol–water partition coefficient (Wildman–Crippen LogP) is 1.03. The van der Waals surface area contributed by atoms with Crippen LogP contribution in [0.4, 0.5) is 0 Å². The molecule has 2 rings (SSSR count). The molecule has 2 heterocycles. The zero-order chi connectivity index (χ0) is 13.7. The van der Waals surface area contributed by atoms with E-state index < -0.39 is 0 Å². The molecule has 0 aromatic carbocycles. The summed E-state index contributed by atoms with van der Waals surface area (Å²) in [6, 6.07) is 0. The van der Waals surface area contributed by atoms with E-state index in [1.165, 1.54) is 0 Å². The molecule has 1 fully saturated rings. The minimum Gasteiger partial charge on any atom is -0.335 e. The van der Waals surface area contributed by atoms with Gasteiger partial charge in [-0.2, -0.15) is 0 Å². The van der Waals surface area contributed by atoms with Crippen LogP contribution in [0.1, 0.15) is 29.3 Å². The van der Waals surface area contributed by atoms with Gasteiger partial charge in [0.05, 0.1) is 6.54 Å². The van der Waals surface area contributed by atoms with Gasteiger partial charge in [0.15, 0.2) is 0 Å². The molecular weight excluding hydrogens is 260 g/mol. The summed E-state index contributed by atoms with van der Waals surface area (Å²) >= 11 is 1.59. The second kappa shape index (κ2) is 6.98. The Kier molecular flexibility index (Phi) is 5.30. The molecule has 0 bridgehead atoms. The highest BCUT2D eigenvalue weighted by molar-refractivity contribution is 7.09. The molecule has 19 heavy (non-hydrogen) atoms. The van der Waals surface area contributed by atoms with Crippen molar-refractivity contribution >= 4 is 17.2 Å². The van der Waals surface area contributed by atoms with Crippen molar-refractivity contribution in [1.82, 2.24) is 20.1 Å². The maximum Gasteiger partial charge on any atom is 0.273 e. The lowest BCUT2D eigenvalue weighted by Gasteiger charge is -2.26. The van der Waals surface area contributed by atoms with E-state index in [9.17, 15) is 4.79 Å². The fourth-order valence-electron chi connectivity index (χ4n) is 2.15. The number of nitrogens with one attached hydrogen (secondary N) is 1. The van der Waals surface area contributed by atoms with Crippen LogP contribution < -0.4 is 5.32 Å². The van der Waals surface area contributed by atoms with Gasteiger partial charge in [-0.3, -0.25) is 9.69 Å². The first-order chi connectivity index (χ1) is 9.24. The number of nitrogens with zero attached hydrogens (tertiary/aromatic N) is 3. The first-order valence-corrected chi connectivity index (χ1v) is 7.79. The summed E-state index contributed by atoms with van der Waals surface area (Å²) in [5.41, 5.74) is 0.606. The largest absolute Gasteiger partial charge is 0.335 e. The molecule has 6 heteroatoms. The van der Waals surface area contributed by atoms with Crippen LogP contribution in [0.25, 0.3) is 0 Å². The van der Waals surface area contributed by atoms with E-state index in [-0.39, 0.29) is 5.91 Å². The maximum absolute atomic E-state index is 12.3. The van der Waals surface area contributed by atoms with Crippen molar-refractivity contribution in [2.45, 2.75) is 20.4 Å². The molecule has 0 atom stereocenters. The van der Waals surface area contributed by atoms with E-state index in [2.05, 4.69) is 29.0 Å². The summed E-state index contributed by atoms with van der Waals surface area (Å²) in [4.78, 5) is 20.9. The van der Waals surface area contributed by atoms with Crippen molar-refractivity contribution in [1.29, 1.82) is 0 Å². The maximum atomic E-state index is 12.3. The standard InChI is InChI=1S/C13H22N4OS/c1-3-16(4-2)9-12-15-11(10-19-12)13(18)17-7-5-14-6-8-17/h10,14H,3-9H2,1-2H3. The molecule has 1 aromatic heterocycles. The van der Waals surface area contributed by atoms with Crippen LogP contribution in [-0.2, 0) is 6.54 Å². The van der Waals surface area contributed by atoms with Crippen molar-refractivity contribution in [2.24, 2.45) is 0 Å². The number of carbonyl (C=O) groups excluding carboxylic acids is 1. The summed E-state index contributed by atoms with van der Waals surface area (Å²) < 4.78 is 0. The monoisotopic (exact) mass is 282 g/mol. The molecule has 0 radical (unpaired) electrons. The zero-order valence-electron chi connectivity index (χ0n) is 11.7. The molecule has 1 amide bonds. The van der Waals surface area contributed by atoms with Crippen LogP contribution in [0.2, 0.25) is 0 Å². The Balaban J connectivity index is 1.97. The summed E-state index contributed by atoms with van der Waals surface area (Å²) in [6.45, 7) is 10.5. The third kappa shape index (κ3) is 3.75. The van der Waals surface area contributed by atoms with Crippen molar-refractivity contribution < 1.29 is 4.79 Å². The van der Waals surface area contributed by atoms with Crippen LogP contribution in [-0.4, -0.2) is 60.0 Å². The first kappa shape index (κ1) is 14.4. The van der Waals surface area contributed by atoms with Gasteiger partial charge in [0.2, 0.25) is 0 Å². The fraction of sp³-hybridized carbons (Fsp3) is 0.692.